The minimum atomic E-state index is -0.989. The van der Waals surface area contributed by atoms with Gasteiger partial charge in [-0.25, -0.2) is 9.78 Å². The normalized spacial score (nSPS) is 11.2. The number of imidazole rings is 1. The van der Waals surface area contributed by atoms with Crippen LogP contribution in [0.2, 0.25) is 0 Å². The van der Waals surface area contributed by atoms with E-state index in [0.717, 1.165) is 5.56 Å². The molecule has 0 spiro atoms. The lowest BCUT2D eigenvalue weighted by Crippen LogP contribution is -2.03. The number of nitrogens with zero attached hydrogens (tertiary/aromatic N) is 2. The van der Waals surface area contributed by atoms with Crippen LogP contribution in [0.5, 0.6) is 0 Å². The third-order valence-corrected chi connectivity index (χ3v) is 2.99. The minimum Gasteiger partial charge on any atom is -0.476 e. The van der Waals surface area contributed by atoms with E-state index >= 15 is 0 Å². The molecule has 0 saturated carbocycles. The average Bonchev–Trinajstić information content (AvgIpc) is 2.84. The molecule has 0 atom stereocenters. The van der Waals surface area contributed by atoms with Crippen LogP contribution in [0.1, 0.15) is 21.7 Å². The summed E-state index contributed by atoms with van der Waals surface area (Å²) in [6.45, 7) is 0. The third-order valence-electron chi connectivity index (χ3n) is 2.99. The van der Waals surface area contributed by atoms with Crippen molar-refractivity contribution >= 4 is 23.8 Å². The highest BCUT2D eigenvalue weighted by molar-refractivity contribution is 5.92. The van der Waals surface area contributed by atoms with Gasteiger partial charge in [0, 0.05) is 6.20 Å². The molecular weight excluding hydrogens is 252 g/mol. The smallest absolute Gasteiger partial charge is 0.355 e. The number of carboxylic acid groups (broad SMARTS) is 1. The second kappa shape index (κ2) is 5.01. The van der Waals surface area contributed by atoms with Crippen LogP contribution in [-0.4, -0.2) is 20.5 Å². The van der Waals surface area contributed by atoms with Crippen molar-refractivity contribution in [3.05, 3.63) is 71.7 Å². The van der Waals surface area contributed by atoms with Gasteiger partial charge in [0.25, 0.3) is 0 Å². The van der Waals surface area contributed by atoms with Crippen molar-refractivity contribution in [3.63, 3.8) is 0 Å². The van der Waals surface area contributed by atoms with E-state index in [4.69, 9.17) is 0 Å². The maximum atomic E-state index is 11.4. The number of aromatic carboxylic acids is 1. The van der Waals surface area contributed by atoms with E-state index in [-0.39, 0.29) is 5.69 Å². The van der Waals surface area contributed by atoms with E-state index in [1.807, 2.05) is 42.5 Å². The molecule has 98 valence electrons. The van der Waals surface area contributed by atoms with Crippen LogP contribution >= 0.6 is 0 Å². The van der Waals surface area contributed by atoms with E-state index in [1.54, 1.807) is 28.8 Å². The fraction of sp³-hybridized carbons (Fsp3) is 0. The van der Waals surface area contributed by atoms with Crippen molar-refractivity contribution in [2.24, 2.45) is 0 Å². The van der Waals surface area contributed by atoms with Crippen molar-refractivity contribution in [2.75, 3.05) is 0 Å². The summed E-state index contributed by atoms with van der Waals surface area (Å²) >= 11 is 0. The number of carbonyl (C=O) groups is 1. The molecule has 0 saturated heterocycles. The highest BCUT2D eigenvalue weighted by Crippen LogP contribution is 2.15. The lowest BCUT2D eigenvalue weighted by Gasteiger charge is -1.96. The van der Waals surface area contributed by atoms with Gasteiger partial charge in [0.1, 0.15) is 5.65 Å². The van der Waals surface area contributed by atoms with Crippen LogP contribution in [-0.2, 0) is 0 Å². The SMILES string of the molecule is O=C(O)c1c(C=Cc2ccccc2)nc2ccccn12. The lowest BCUT2D eigenvalue weighted by molar-refractivity contribution is 0.0689. The molecule has 0 aliphatic carbocycles. The molecule has 20 heavy (non-hydrogen) atoms. The highest BCUT2D eigenvalue weighted by Gasteiger charge is 2.15. The molecule has 0 amide bonds. The summed E-state index contributed by atoms with van der Waals surface area (Å²) in [6.07, 6.45) is 5.28. The van der Waals surface area contributed by atoms with Gasteiger partial charge in [-0.1, -0.05) is 42.5 Å². The zero-order valence-corrected chi connectivity index (χ0v) is 10.6. The summed E-state index contributed by atoms with van der Waals surface area (Å²) in [5.74, 6) is -0.989. The summed E-state index contributed by atoms with van der Waals surface area (Å²) in [5.41, 5.74) is 2.25. The van der Waals surface area contributed by atoms with Crippen molar-refractivity contribution in [1.29, 1.82) is 0 Å². The van der Waals surface area contributed by atoms with Crippen LogP contribution < -0.4 is 0 Å². The molecule has 4 heteroatoms. The van der Waals surface area contributed by atoms with E-state index in [9.17, 15) is 9.90 Å². The number of hydrogen-bond acceptors (Lipinski definition) is 2. The van der Waals surface area contributed by atoms with Crippen molar-refractivity contribution in [2.45, 2.75) is 0 Å². The number of hydrogen-bond donors (Lipinski definition) is 1. The van der Waals surface area contributed by atoms with Gasteiger partial charge in [-0.3, -0.25) is 4.40 Å². The predicted octanol–water partition coefficient (Wildman–Crippen LogP) is 3.20. The molecule has 4 nitrogen and oxygen atoms in total. The van der Waals surface area contributed by atoms with Gasteiger partial charge in [-0.05, 0) is 23.8 Å². The Morgan fingerprint density at radius 3 is 2.55 bits per heavy atom. The molecule has 1 aromatic carbocycles. The number of fused-ring (bicyclic) bond motifs is 1. The van der Waals surface area contributed by atoms with Gasteiger partial charge in [0.15, 0.2) is 5.69 Å². The zero-order valence-electron chi connectivity index (χ0n) is 10.6. The van der Waals surface area contributed by atoms with Crippen LogP contribution in [0.3, 0.4) is 0 Å². The molecule has 0 radical (unpaired) electrons. The quantitative estimate of drug-likeness (QED) is 0.790. The van der Waals surface area contributed by atoms with Gasteiger partial charge in [0.2, 0.25) is 0 Å². The fourth-order valence-corrected chi connectivity index (χ4v) is 2.08. The van der Waals surface area contributed by atoms with E-state index in [1.165, 1.54) is 0 Å². The van der Waals surface area contributed by atoms with Crippen LogP contribution in [0.4, 0.5) is 0 Å². The Labute approximate surface area is 115 Å². The van der Waals surface area contributed by atoms with Crippen LogP contribution in [0.25, 0.3) is 17.8 Å². The minimum absolute atomic E-state index is 0.174. The van der Waals surface area contributed by atoms with E-state index in [0.29, 0.717) is 11.3 Å². The molecule has 1 N–H and O–H groups in total. The number of carboxylic acids is 1. The van der Waals surface area contributed by atoms with Crippen LogP contribution in [0, 0.1) is 0 Å². The van der Waals surface area contributed by atoms with Crippen LogP contribution in [0.15, 0.2) is 54.7 Å². The second-order valence-corrected chi connectivity index (χ2v) is 4.32. The molecular formula is C16H12N2O2. The number of aromatic nitrogens is 2. The highest BCUT2D eigenvalue weighted by atomic mass is 16.4. The predicted molar refractivity (Wildman–Crippen MR) is 77.5 cm³/mol. The molecule has 0 aliphatic rings. The molecule has 0 bridgehead atoms. The number of rotatable bonds is 3. The molecule has 0 fully saturated rings. The summed E-state index contributed by atoms with van der Waals surface area (Å²) in [5, 5.41) is 9.36. The Kier molecular flexibility index (Phi) is 3.05. The first-order valence-electron chi connectivity index (χ1n) is 6.19. The van der Waals surface area contributed by atoms with Gasteiger partial charge in [0.05, 0.1) is 5.69 Å². The van der Waals surface area contributed by atoms with Crippen molar-refractivity contribution < 1.29 is 9.90 Å². The average molecular weight is 264 g/mol. The number of pyridine rings is 1. The molecule has 2 heterocycles. The summed E-state index contributed by atoms with van der Waals surface area (Å²) in [7, 11) is 0. The zero-order chi connectivity index (χ0) is 13.9. The second-order valence-electron chi connectivity index (χ2n) is 4.32. The maximum Gasteiger partial charge on any atom is 0.355 e. The van der Waals surface area contributed by atoms with E-state index in [2.05, 4.69) is 4.98 Å². The molecule has 3 rings (SSSR count). The Morgan fingerprint density at radius 2 is 1.80 bits per heavy atom. The van der Waals surface area contributed by atoms with Crippen molar-refractivity contribution in [3.8, 4) is 0 Å². The first-order valence-corrected chi connectivity index (χ1v) is 6.19. The van der Waals surface area contributed by atoms with Gasteiger partial charge >= 0.3 is 5.97 Å². The molecule has 2 aromatic heterocycles. The number of benzene rings is 1. The molecule has 0 aliphatic heterocycles. The van der Waals surface area contributed by atoms with Crippen molar-refractivity contribution in [1.82, 2.24) is 9.38 Å². The fourth-order valence-electron chi connectivity index (χ4n) is 2.08. The largest absolute Gasteiger partial charge is 0.476 e. The van der Waals surface area contributed by atoms with Gasteiger partial charge in [-0.2, -0.15) is 0 Å². The summed E-state index contributed by atoms with van der Waals surface area (Å²) < 4.78 is 1.58. The van der Waals surface area contributed by atoms with Gasteiger partial charge < -0.3 is 5.11 Å². The topological polar surface area (TPSA) is 54.6 Å². The monoisotopic (exact) mass is 264 g/mol. The molecule has 3 aromatic rings. The van der Waals surface area contributed by atoms with Gasteiger partial charge in [-0.15, -0.1) is 0 Å². The lowest BCUT2D eigenvalue weighted by atomic mass is 10.2. The first-order chi connectivity index (χ1) is 9.75. The van der Waals surface area contributed by atoms with E-state index < -0.39 is 5.97 Å². The summed E-state index contributed by atoms with van der Waals surface area (Å²) in [6, 6.07) is 15.1. The third kappa shape index (κ3) is 2.19. The Balaban J connectivity index is 2.09. The summed E-state index contributed by atoms with van der Waals surface area (Å²) in [4.78, 5) is 15.8. The standard InChI is InChI=1S/C16H12N2O2/c19-16(20)15-13(10-9-12-6-2-1-3-7-12)17-14-8-4-5-11-18(14)15/h1-11H,(H,19,20). The Hall–Kier alpha value is -2.88. The molecule has 0 unspecified atom stereocenters. The first kappa shape index (κ1) is 12.2. The Morgan fingerprint density at radius 1 is 1.05 bits per heavy atom. The Bertz CT molecular complexity index is 789. The maximum absolute atomic E-state index is 11.4.